The van der Waals surface area contributed by atoms with E-state index in [0.717, 1.165) is 6.42 Å². The lowest BCUT2D eigenvalue weighted by Gasteiger charge is -2.10. The Hall–Kier alpha value is -3.23. The van der Waals surface area contributed by atoms with Crippen LogP contribution < -0.4 is 10.6 Å². The minimum Gasteiger partial charge on any atom is -0.462 e. The molecule has 0 aliphatic heterocycles. The van der Waals surface area contributed by atoms with E-state index in [1.54, 1.807) is 31.2 Å². The van der Waals surface area contributed by atoms with Crippen molar-refractivity contribution in [3.63, 3.8) is 0 Å². The number of esters is 1. The van der Waals surface area contributed by atoms with Gasteiger partial charge in [0, 0.05) is 12.2 Å². The highest BCUT2D eigenvalue weighted by molar-refractivity contribution is 5.91. The number of benzene rings is 1. The fraction of sp³-hybridized carbons (Fsp3) is 0.312. The van der Waals surface area contributed by atoms with Crippen molar-refractivity contribution in [2.24, 2.45) is 0 Å². The lowest BCUT2D eigenvalue weighted by molar-refractivity contribution is -0.383. The third-order valence-corrected chi connectivity index (χ3v) is 3.18. The molecule has 0 aliphatic carbocycles. The van der Waals surface area contributed by atoms with Crippen LogP contribution in [-0.2, 0) is 4.74 Å². The van der Waals surface area contributed by atoms with Gasteiger partial charge in [0.1, 0.15) is 6.33 Å². The van der Waals surface area contributed by atoms with Crippen LogP contribution in [0.5, 0.6) is 0 Å². The molecule has 2 N–H and O–H groups in total. The molecular formula is C16H19N5O4. The highest BCUT2D eigenvalue weighted by Crippen LogP contribution is 2.31. The van der Waals surface area contributed by atoms with Crippen molar-refractivity contribution in [2.45, 2.75) is 20.3 Å². The summed E-state index contributed by atoms with van der Waals surface area (Å²) in [5.74, 6) is -0.279. The van der Waals surface area contributed by atoms with Gasteiger partial charge >= 0.3 is 11.7 Å². The highest BCUT2D eigenvalue weighted by atomic mass is 16.6. The summed E-state index contributed by atoms with van der Waals surface area (Å²) in [4.78, 5) is 30.6. The third-order valence-electron chi connectivity index (χ3n) is 3.18. The van der Waals surface area contributed by atoms with Gasteiger partial charge in [0.05, 0.1) is 17.1 Å². The monoisotopic (exact) mass is 345 g/mol. The van der Waals surface area contributed by atoms with Gasteiger partial charge in [0.15, 0.2) is 0 Å². The molecule has 0 bridgehead atoms. The van der Waals surface area contributed by atoms with Gasteiger partial charge in [-0.15, -0.1) is 0 Å². The molecular weight excluding hydrogens is 326 g/mol. The Morgan fingerprint density at radius 2 is 2.04 bits per heavy atom. The topological polar surface area (TPSA) is 119 Å². The maximum Gasteiger partial charge on any atom is 0.353 e. The first-order valence-electron chi connectivity index (χ1n) is 7.84. The zero-order valence-electron chi connectivity index (χ0n) is 14.0. The van der Waals surface area contributed by atoms with E-state index < -0.39 is 10.9 Å². The maximum atomic E-state index is 11.8. The summed E-state index contributed by atoms with van der Waals surface area (Å²) in [6.07, 6.45) is 2.04. The molecule has 0 fully saturated rings. The largest absolute Gasteiger partial charge is 0.462 e. The molecule has 0 amide bonds. The summed E-state index contributed by atoms with van der Waals surface area (Å²) in [5.41, 5.74) is 0.569. The third kappa shape index (κ3) is 4.63. The Kier molecular flexibility index (Phi) is 6.21. The number of nitrogens with zero attached hydrogens (tertiary/aromatic N) is 3. The van der Waals surface area contributed by atoms with Crippen LogP contribution in [0.3, 0.4) is 0 Å². The summed E-state index contributed by atoms with van der Waals surface area (Å²) in [6, 6.07) is 6.47. The van der Waals surface area contributed by atoms with Crippen LogP contribution in [0, 0.1) is 10.1 Å². The number of anilines is 3. The molecule has 0 unspecified atom stereocenters. The second-order valence-corrected chi connectivity index (χ2v) is 5.03. The Morgan fingerprint density at radius 1 is 1.28 bits per heavy atom. The standard InChI is InChI=1S/C16H19N5O4/c1-3-8-17-14-13(21(23)24)15(19-10-18-14)20-12-7-5-6-11(9-12)16(22)25-4-2/h5-7,9-10H,3-4,8H2,1-2H3,(H2,17,18,19,20). The molecule has 9 nitrogen and oxygen atoms in total. The first-order valence-corrected chi connectivity index (χ1v) is 7.84. The van der Waals surface area contributed by atoms with Gasteiger partial charge in [0.25, 0.3) is 0 Å². The summed E-state index contributed by atoms with van der Waals surface area (Å²) >= 11 is 0. The minimum absolute atomic E-state index is 0.0413. The van der Waals surface area contributed by atoms with Gasteiger partial charge < -0.3 is 15.4 Å². The van der Waals surface area contributed by atoms with Crippen molar-refractivity contribution in [1.82, 2.24) is 9.97 Å². The second kappa shape index (κ2) is 8.57. The minimum atomic E-state index is -0.546. The van der Waals surface area contributed by atoms with E-state index in [0.29, 0.717) is 17.8 Å². The normalized spacial score (nSPS) is 10.2. The quantitative estimate of drug-likeness (QED) is 0.425. The van der Waals surface area contributed by atoms with Crippen LogP contribution in [0.15, 0.2) is 30.6 Å². The maximum absolute atomic E-state index is 11.8. The van der Waals surface area contributed by atoms with Crippen molar-refractivity contribution in [2.75, 3.05) is 23.8 Å². The van der Waals surface area contributed by atoms with Gasteiger partial charge in [-0.25, -0.2) is 14.8 Å². The first kappa shape index (κ1) is 18.1. The van der Waals surface area contributed by atoms with E-state index in [4.69, 9.17) is 4.74 Å². The fourth-order valence-electron chi connectivity index (χ4n) is 2.09. The van der Waals surface area contributed by atoms with E-state index >= 15 is 0 Å². The number of rotatable bonds is 8. The van der Waals surface area contributed by atoms with Crippen molar-refractivity contribution in [3.05, 3.63) is 46.3 Å². The lowest BCUT2D eigenvalue weighted by atomic mass is 10.2. The smallest absolute Gasteiger partial charge is 0.353 e. The van der Waals surface area contributed by atoms with Gasteiger partial charge in [-0.05, 0) is 31.5 Å². The molecule has 1 aromatic carbocycles. The van der Waals surface area contributed by atoms with Crippen molar-refractivity contribution < 1.29 is 14.5 Å². The summed E-state index contributed by atoms with van der Waals surface area (Å²) in [5, 5.41) is 17.2. The number of carbonyl (C=O) groups is 1. The SMILES string of the molecule is CCCNc1ncnc(Nc2cccc(C(=O)OCC)c2)c1[N+](=O)[O-]. The number of nitrogens with one attached hydrogen (secondary N) is 2. The predicted molar refractivity (Wildman–Crippen MR) is 93.1 cm³/mol. The van der Waals surface area contributed by atoms with E-state index in [1.807, 2.05) is 6.92 Å². The molecule has 1 aromatic heterocycles. The number of carbonyl (C=O) groups excluding carboxylic acids is 1. The average Bonchev–Trinajstić information content (AvgIpc) is 2.60. The molecule has 0 saturated heterocycles. The molecule has 2 rings (SSSR count). The van der Waals surface area contributed by atoms with Crippen LogP contribution in [0.25, 0.3) is 0 Å². The van der Waals surface area contributed by atoms with E-state index in [1.165, 1.54) is 6.33 Å². The molecule has 0 spiro atoms. The van der Waals surface area contributed by atoms with Gasteiger partial charge in [0.2, 0.25) is 11.6 Å². The lowest BCUT2D eigenvalue weighted by Crippen LogP contribution is -2.09. The van der Waals surface area contributed by atoms with Gasteiger partial charge in [-0.3, -0.25) is 10.1 Å². The molecule has 132 valence electrons. The van der Waals surface area contributed by atoms with Crippen molar-refractivity contribution in [1.29, 1.82) is 0 Å². The molecule has 0 aliphatic rings. The van der Waals surface area contributed by atoms with E-state index in [9.17, 15) is 14.9 Å². The van der Waals surface area contributed by atoms with E-state index in [-0.39, 0.29) is 23.9 Å². The van der Waals surface area contributed by atoms with Gasteiger partial charge in [-0.1, -0.05) is 13.0 Å². The Balaban J connectivity index is 2.32. The molecule has 0 radical (unpaired) electrons. The van der Waals surface area contributed by atoms with Gasteiger partial charge in [-0.2, -0.15) is 0 Å². The Morgan fingerprint density at radius 3 is 2.72 bits per heavy atom. The van der Waals surface area contributed by atoms with Crippen molar-refractivity contribution >= 4 is 29.0 Å². The van der Waals surface area contributed by atoms with Crippen molar-refractivity contribution in [3.8, 4) is 0 Å². The second-order valence-electron chi connectivity index (χ2n) is 5.03. The number of hydrogen-bond acceptors (Lipinski definition) is 8. The van der Waals surface area contributed by atoms with E-state index in [2.05, 4.69) is 20.6 Å². The van der Waals surface area contributed by atoms with Crippen LogP contribution in [0.4, 0.5) is 23.0 Å². The fourth-order valence-corrected chi connectivity index (χ4v) is 2.09. The summed E-state index contributed by atoms with van der Waals surface area (Å²) in [7, 11) is 0. The zero-order chi connectivity index (χ0) is 18.2. The Labute approximate surface area is 144 Å². The molecule has 9 heteroatoms. The zero-order valence-corrected chi connectivity index (χ0v) is 14.0. The van der Waals surface area contributed by atoms with Crippen LogP contribution in [0.1, 0.15) is 30.6 Å². The summed E-state index contributed by atoms with van der Waals surface area (Å²) in [6.45, 7) is 4.48. The molecule has 0 saturated carbocycles. The van der Waals surface area contributed by atoms with Crippen LogP contribution >= 0.6 is 0 Å². The number of ether oxygens (including phenoxy) is 1. The average molecular weight is 345 g/mol. The predicted octanol–water partition coefficient (Wildman–Crippen LogP) is 3.13. The molecule has 0 atom stereocenters. The first-order chi connectivity index (χ1) is 12.1. The van der Waals surface area contributed by atoms with Crippen LogP contribution in [0.2, 0.25) is 0 Å². The molecule has 25 heavy (non-hydrogen) atoms. The molecule has 2 aromatic rings. The highest BCUT2D eigenvalue weighted by Gasteiger charge is 2.23. The number of hydrogen-bond donors (Lipinski definition) is 2. The number of nitro groups is 1. The Bertz CT molecular complexity index is 766. The van der Waals surface area contributed by atoms with Crippen LogP contribution in [-0.4, -0.2) is 34.0 Å². The molecule has 1 heterocycles. The number of aromatic nitrogens is 2. The summed E-state index contributed by atoms with van der Waals surface area (Å²) < 4.78 is 4.95.